The summed E-state index contributed by atoms with van der Waals surface area (Å²) in [4.78, 5) is 0. The number of halogens is 2. The van der Waals surface area contributed by atoms with Crippen molar-refractivity contribution < 1.29 is 0 Å². The minimum absolute atomic E-state index is 0.622. The quantitative estimate of drug-likeness (QED) is 0.742. The number of nitrogen functional groups attached to an aromatic ring is 1. The summed E-state index contributed by atoms with van der Waals surface area (Å²) in [5, 5.41) is 0.622. The molecule has 2 N–H and O–H groups in total. The summed E-state index contributed by atoms with van der Waals surface area (Å²) in [5.74, 6) is 0. The molecule has 3 heteroatoms. The Kier molecular flexibility index (Phi) is 2.79. The van der Waals surface area contributed by atoms with Crippen molar-refractivity contribution in [3.8, 4) is 0 Å². The van der Waals surface area contributed by atoms with Crippen LogP contribution < -0.4 is 5.73 Å². The average molecular weight is 235 g/mol. The molecule has 0 bridgehead atoms. The molecule has 0 saturated carbocycles. The van der Waals surface area contributed by atoms with Crippen LogP contribution in [0, 0.1) is 0 Å². The number of rotatable bonds is 1. The molecule has 1 aromatic rings. The highest BCUT2D eigenvalue weighted by molar-refractivity contribution is 9.10. The zero-order chi connectivity index (χ0) is 8.43. The Bertz CT molecular complexity index is 273. The molecule has 0 aliphatic heterocycles. The van der Waals surface area contributed by atoms with Gasteiger partial charge in [0.1, 0.15) is 0 Å². The lowest BCUT2D eigenvalue weighted by atomic mass is 10.1. The third-order valence-electron chi connectivity index (χ3n) is 1.56. The lowest BCUT2D eigenvalue weighted by molar-refractivity contribution is 1.14. The molecule has 1 rings (SSSR count). The van der Waals surface area contributed by atoms with Gasteiger partial charge in [0, 0.05) is 4.47 Å². The second kappa shape index (κ2) is 3.46. The molecule has 0 aliphatic rings. The number of hydrogen-bond acceptors (Lipinski definition) is 1. The largest absolute Gasteiger partial charge is 0.397 e. The summed E-state index contributed by atoms with van der Waals surface area (Å²) in [7, 11) is 0. The van der Waals surface area contributed by atoms with Crippen molar-refractivity contribution in [2.24, 2.45) is 0 Å². The van der Waals surface area contributed by atoms with Crippen LogP contribution in [0.15, 0.2) is 16.6 Å². The zero-order valence-electron chi connectivity index (χ0n) is 6.20. The third kappa shape index (κ3) is 1.88. The van der Waals surface area contributed by atoms with Crippen molar-refractivity contribution in [2.45, 2.75) is 13.3 Å². The molecule has 0 aromatic heterocycles. The third-order valence-corrected chi connectivity index (χ3v) is 2.33. The van der Waals surface area contributed by atoms with Crippen LogP contribution >= 0.6 is 27.5 Å². The van der Waals surface area contributed by atoms with E-state index in [0.717, 1.165) is 16.5 Å². The number of aryl methyl sites for hydroxylation is 1. The van der Waals surface area contributed by atoms with Gasteiger partial charge in [-0.05, 0) is 24.1 Å². The van der Waals surface area contributed by atoms with Crippen LogP contribution in [-0.2, 0) is 6.42 Å². The normalized spacial score (nSPS) is 10.1. The van der Waals surface area contributed by atoms with Crippen LogP contribution in [0.3, 0.4) is 0 Å². The molecule has 11 heavy (non-hydrogen) atoms. The second-order valence-corrected chi connectivity index (χ2v) is 3.64. The summed E-state index contributed by atoms with van der Waals surface area (Å²) >= 11 is 9.19. The van der Waals surface area contributed by atoms with Gasteiger partial charge in [0.2, 0.25) is 0 Å². The lowest BCUT2D eigenvalue weighted by Gasteiger charge is -2.04. The first kappa shape index (κ1) is 8.88. The molecule has 60 valence electrons. The van der Waals surface area contributed by atoms with Gasteiger partial charge in [0.25, 0.3) is 0 Å². The summed E-state index contributed by atoms with van der Waals surface area (Å²) in [5.41, 5.74) is 7.49. The molecule has 0 fully saturated rings. The van der Waals surface area contributed by atoms with E-state index in [1.165, 1.54) is 0 Å². The fourth-order valence-electron chi connectivity index (χ4n) is 0.931. The molecule has 1 aromatic carbocycles. The van der Waals surface area contributed by atoms with Crippen LogP contribution in [0.1, 0.15) is 12.5 Å². The highest BCUT2D eigenvalue weighted by Gasteiger charge is 2.02. The molecule has 0 saturated heterocycles. The van der Waals surface area contributed by atoms with Crippen molar-refractivity contribution in [2.75, 3.05) is 5.73 Å². The highest BCUT2D eigenvalue weighted by atomic mass is 79.9. The van der Waals surface area contributed by atoms with Crippen molar-refractivity contribution in [3.05, 3.63) is 27.2 Å². The van der Waals surface area contributed by atoms with Gasteiger partial charge in [-0.1, -0.05) is 34.5 Å². The van der Waals surface area contributed by atoms with Crippen molar-refractivity contribution in [1.82, 2.24) is 0 Å². The maximum Gasteiger partial charge on any atom is 0.0649 e. The van der Waals surface area contributed by atoms with E-state index in [1.54, 1.807) is 6.07 Å². The fraction of sp³-hybridized carbons (Fsp3) is 0.250. The van der Waals surface area contributed by atoms with Crippen molar-refractivity contribution >= 4 is 33.2 Å². The lowest BCUT2D eigenvalue weighted by Crippen LogP contribution is -1.93. The molecule has 1 nitrogen and oxygen atoms in total. The molecular formula is C8H9BrClN. The zero-order valence-corrected chi connectivity index (χ0v) is 8.54. The first-order chi connectivity index (χ1) is 5.15. The predicted molar refractivity (Wildman–Crippen MR) is 52.9 cm³/mol. The molecule has 0 unspecified atom stereocenters. The highest BCUT2D eigenvalue weighted by Crippen LogP contribution is 2.27. The van der Waals surface area contributed by atoms with Gasteiger partial charge in [0.05, 0.1) is 10.7 Å². The monoisotopic (exact) mass is 233 g/mol. The van der Waals surface area contributed by atoms with E-state index in [1.807, 2.05) is 6.07 Å². The van der Waals surface area contributed by atoms with E-state index in [2.05, 4.69) is 22.9 Å². The predicted octanol–water partition coefficient (Wildman–Crippen LogP) is 3.25. The van der Waals surface area contributed by atoms with Crippen LogP contribution in [0.25, 0.3) is 0 Å². The van der Waals surface area contributed by atoms with E-state index in [0.29, 0.717) is 10.7 Å². The summed E-state index contributed by atoms with van der Waals surface area (Å²) in [6.45, 7) is 2.05. The minimum Gasteiger partial charge on any atom is -0.397 e. The molecule has 0 amide bonds. The number of anilines is 1. The van der Waals surface area contributed by atoms with E-state index in [9.17, 15) is 0 Å². The number of hydrogen-bond donors (Lipinski definition) is 1. The van der Waals surface area contributed by atoms with E-state index in [-0.39, 0.29) is 0 Å². The first-order valence-electron chi connectivity index (χ1n) is 3.38. The number of nitrogens with two attached hydrogens (primary N) is 1. The van der Waals surface area contributed by atoms with Crippen LogP contribution in [0.4, 0.5) is 5.69 Å². The van der Waals surface area contributed by atoms with Crippen LogP contribution in [0.5, 0.6) is 0 Å². The van der Waals surface area contributed by atoms with Gasteiger partial charge in [-0.25, -0.2) is 0 Å². The Hall–Kier alpha value is -0.210. The van der Waals surface area contributed by atoms with Gasteiger partial charge in [-0.3, -0.25) is 0 Å². The van der Waals surface area contributed by atoms with Crippen molar-refractivity contribution in [1.29, 1.82) is 0 Å². The molecule has 0 radical (unpaired) electrons. The van der Waals surface area contributed by atoms with Gasteiger partial charge in [-0.15, -0.1) is 0 Å². The van der Waals surface area contributed by atoms with Gasteiger partial charge < -0.3 is 5.73 Å². The smallest absolute Gasteiger partial charge is 0.0649 e. The maximum absolute atomic E-state index is 5.84. The van der Waals surface area contributed by atoms with Gasteiger partial charge in [0.15, 0.2) is 0 Å². The standard InChI is InChI=1S/C8H9BrClN/c1-2-5-3-6(9)4-7(10)8(5)11/h3-4H,2,11H2,1H3. The molecular weight excluding hydrogens is 225 g/mol. The maximum atomic E-state index is 5.84. The Morgan fingerprint density at radius 2 is 2.18 bits per heavy atom. The Balaban J connectivity index is 3.24. The Labute approximate surface area is 79.7 Å². The molecule has 0 aliphatic carbocycles. The molecule has 0 atom stereocenters. The summed E-state index contributed by atoms with van der Waals surface area (Å²) in [6.07, 6.45) is 0.908. The molecule has 0 heterocycles. The van der Waals surface area contributed by atoms with Gasteiger partial charge >= 0.3 is 0 Å². The Morgan fingerprint density at radius 3 is 2.73 bits per heavy atom. The minimum atomic E-state index is 0.622. The van der Waals surface area contributed by atoms with E-state index >= 15 is 0 Å². The van der Waals surface area contributed by atoms with Gasteiger partial charge in [-0.2, -0.15) is 0 Å². The fourth-order valence-corrected chi connectivity index (χ4v) is 1.81. The SMILES string of the molecule is CCc1cc(Br)cc(Cl)c1N. The van der Waals surface area contributed by atoms with E-state index < -0.39 is 0 Å². The molecule has 0 spiro atoms. The van der Waals surface area contributed by atoms with Crippen LogP contribution in [0.2, 0.25) is 5.02 Å². The second-order valence-electron chi connectivity index (χ2n) is 2.31. The first-order valence-corrected chi connectivity index (χ1v) is 4.55. The summed E-state index contributed by atoms with van der Waals surface area (Å²) in [6, 6.07) is 3.79. The van der Waals surface area contributed by atoms with Crippen LogP contribution in [-0.4, -0.2) is 0 Å². The number of benzene rings is 1. The average Bonchev–Trinajstić information content (AvgIpc) is 1.96. The van der Waals surface area contributed by atoms with E-state index in [4.69, 9.17) is 17.3 Å². The van der Waals surface area contributed by atoms with Crippen molar-refractivity contribution in [3.63, 3.8) is 0 Å². The Morgan fingerprint density at radius 1 is 1.55 bits per heavy atom. The topological polar surface area (TPSA) is 26.0 Å². The summed E-state index contributed by atoms with van der Waals surface area (Å²) < 4.78 is 0.980.